The Morgan fingerprint density at radius 2 is 1.47 bits per heavy atom. The lowest BCUT2D eigenvalue weighted by molar-refractivity contribution is -0.183. The van der Waals surface area contributed by atoms with E-state index in [1.54, 1.807) is 26.6 Å². The van der Waals surface area contributed by atoms with Crippen LogP contribution in [0.5, 0.6) is 0 Å². The average molecular weight is 689 g/mol. The van der Waals surface area contributed by atoms with E-state index in [0.29, 0.717) is 0 Å². The summed E-state index contributed by atoms with van der Waals surface area (Å²) < 4.78 is 40.1. The fourth-order valence-corrected chi connectivity index (χ4v) is 11.2. The topological polar surface area (TPSA) is 152 Å². The smallest absolute Gasteiger partial charge is 0.421 e. The lowest BCUT2D eigenvalue weighted by Crippen LogP contribution is -2.70. The van der Waals surface area contributed by atoms with Crippen molar-refractivity contribution in [3.05, 3.63) is 66.2 Å². The molecule has 2 aromatic rings. The SMILES string of the molecule is CCOC(=O)C(=[N+]=[N-])C(O[Si](C)(C)C)(C(=O)OC)C(CO[Si](c1ccccc1)(c1ccccc1)C(C)(C)C)OC(=O)CCOCOC. The fourth-order valence-electron chi connectivity index (χ4n) is 5.35. The first-order valence-electron chi connectivity index (χ1n) is 15.3. The van der Waals surface area contributed by atoms with Crippen LogP contribution in [0.1, 0.15) is 34.1 Å². The second kappa shape index (κ2) is 17.6. The normalized spacial score (nSPS) is 13.9. The van der Waals surface area contributed by atoms with Gasteiger partial charge in [-0.1, -0.05) is 81.4 Å². The van der Waals surface area contributed by atoms with Crippen molar-refractivity contribution >= 4 is 50.6 Å². The van der Waals surface area contributed by atoms with Gasteiger partial charge in [-0.3, -0.25) is 4.79 Å². The van der Waals surface area contributed by atoms with Gasteiger partial charge in [0.05, 0.1) is 33.4 Å². The molecule has 14 heteroatoms. The van der Waals surface area contributed by atoms with Crippen LogP contribution in [0, 0.1) is 0 Å². The molecule has 0 spiro atoms. The fraction of sp³-hybridized carbons (Fsp3) is 0.515. The summed E-state index contributed by atoms with van der Waals surface area (Å²) >= 11 is 0. The Labute approximate surface area is 279 Å². The Morgan fingerprint density at radius 1 is 0.915 bits per heavy atom. The van der Waals surface area contributed by atoms with Gasteiger partial charge in [0.15, 0.2) is 14.4 Å². The number of methoxy groups -OCH3 is 2. The Kier molecular flexibility index (Phi) is 14.9. The van der Waals surface area contributed by atoms with E-state index in [0.717, 1.165) is 17.5 Å². The van der Waals surface area contributed by atoms with Gasteiger partial charge in [0, 0.05) is 7.11 Å². The molecule has 0 saturated heterocycles. The van der Waals surface area contributed by atoms with Gasteiger partial charge in [0.1, 0.15) is 6.79 Å². The van der Waals surface area contributed by atoms with E-state index >= 15 is 0 Å². The number of rotatable bonds is 18. The van der Waals surface area contributed by atoms with Crippen LogP contribution in [0.15, 0.2) is 60.7 Å². The van der Waals surface area contributed by atoms with E-state index in [1.807, 2.05) is 60.7 Å². The first kappa shape index (κ1) is 39.7. The molecule has 0 amide bonds. The van der Waals surface area contributed by atoms with Crippen LogP contribution in [0.2, 0.25) is 24.7 Å². The molecule has 0 aliphatic rings. The molecule has 0 aliphatic carbocycles. The number of benzene rings is 2. The number of carbonyl (C=O) groups excluding carboxylic acids is 3. The second-order valence-electron chi connectivity index (χ2n) is 12.6. The molecule has 0 radical (unpaired) electrons. The largest absolute Gasteiger partial charge is 0.466 e. The molecule has 2 atom stereocenters. The molecule has 0 saturated carbocycles. The third-order valence-corrected chi connectivity index (χ3v) is 13.1. The minimum absolute atomic E-state index is 0.0529. The van der Waals surface area contributed by atoms with Gasteiger partial charge < -0.3 is 38.1 Å². The van der Waals surface area contributed by atoms with E-state index in [-0.39, 0.29) is 26.4 Å². The van der Waals surface area contributed by atoms with E-state index in [4.69, 9.17) is 32.5 Å². The second-order valence-corrected chi connectivity index (χ2v) is 21.4. The molecule has 0 aromatic heterocycles. The molecule has 2 rings (SSSR count). The Hall–Kier alpha value is -3.50. The summed E-state index contributed by atoms with van der Waals surface area (Å²) in [6, 6.07) is 19.4. The number of hydrogen-bond acceptors (Lipinski definition) is 10. The van der Waals surface area contributed by atoms with Crippen molar-refractivity contribution in [2.24, 2.45) is 0 Å². The lowest BCUT2D eigenvalue weighted by Gasteiger charge is -2.45. The number of esters is 3. The Balaban J connectivity index is 2.92. The standard InChI is InChI=1S/C33H48N2O10Si2/c1-10-42-30(37)29(35-34)33(31(38)40-6,45-46(7,8)9)27(44-28(36)21-22-41-24-39-5)23-43-47(32(2,3)4,25-17-13-11-14-18-25)26-19-15-12-16-20-26/h11-20,27H,10,21-24H2,1-9H3. The molecule has 12 nitrogen and oxygen atoms in total. The third-order valence-electron chi connectivity index (χ3n) is 7.12. The first-order valence-corrected chi connectivity index (χ1v) is 20.7. The number of ether oxygens (including phenoxy) is 5. The molecule has 0 fully saturated rings. The molecule has 0 aliphatic heterocycles. The zero-order chi connectivity index (χ0) is 35.3. The van der Waals surface area contributed by atoms with Crippen LogP contribution in [0.4, 0.5) is 0 Å². The van der Waals surface area contributed by atoms with E-state index < -0.39 is 63.6 Å². The van der Waals surface area contributed by atoms with Crippen molar-refractivity contribution in [3.8, 4) is 0 Å². The minimum Gasteiger partial charge on any atom is -0.466 e. The quantitative estimate of drug-likeness (QED) is 0.0333. The van der Waals surface area contributed by atoms with Crippen molar-refractivity contribution in [1.29, 1.82) is 0 Å². The highest BCUT2D eigenvalue weighted by Gasteiger charge is 2.66. The highest BCUT2D eigenvalue weighted by Crippen LogP contribution is 2.38. The minimum atomic E-state index is -3.32. The highest BCUT2D eigenvalue weighted by atomic mass is 28.4. The van der Waals surface area contributed by atoms with Crippen molar-refractivity contribution in [3.63, 3.8) is 0 Å². The Bertz CT molecular complexity index is 1330. The van der Waals surface area contributed by atoms with Crippen molar-refractivity contribution in [2.45, 2.75) is 70.5 Å². The van der Waals surface area contributed by atoms with Crippen LogP contribution in [0.25, 0.3) is 5.53 Å². The number of hydrogen-bond donors (Lipinski definition) is 0. The van der Waals surface area contributed by atoms with Crippen molar-refractivity contribution in [1.82, 2.24) is 0 Å². The van der Waals surface area contributed by atoms with Gasteiger partial charge in [0.25, 0.3) is 8.32 Å². The van der Waals surface area contributed by atoms with Crippen LogP contribution in [-0.2, 0) is 46.9 Å². The summed E-state index contributed by atoms with van der Waals surface area (Å²) in [6.07, 6.45) is -1.93. The van der Waals surface area contributed by atoms with E-state index in [1.165, 1.54) is 7.11 Å². The summed E-state index contributed by atoms with van der Waals surface area (Å²) in [5, 5.41) is 1.31. The van der Waals surface area contributed by atoms with Gasteiger partial charge in [-0.05, 0) is 42.0 Å². The molecular weight excluding hydrogens is 641 g/mol. The predicted octanol–water partition coefficient (Wildman–Crippen LogP) is 3.48. The summed E-state index contributed by atoms with van der Waals surface area (Å²) in [7, 11) is -3.67. The van der Waals surface area contributed by atoms with Crippen LogP contribution in [0.3, 0.4) is 0 Å². The van der Waals surface area contributed by atoms with Gasteiger partial charge in [-0.2, -0.15) is 4.79 Å². The van der Waals surface area contributed by atoms with E-state index in [2.05, 4.69) is 25.6 Å². The van der Waals surface area contributed by atoms with E-state index in [9.17, 15) is 19.9 Å². The molecule has 0 N–H and O–H groups in total. The zero-order valence-corrected chi connectivity index (χ0v) is 30.9. The molecular formula is C33H48N2O10Si2. The number of nitrogens with zero attached hydrogens (tertiary/aromatic N) is 2. The van der Waals surface area contributed by atoms with Gasteiger partial charge >= 0.3 is 29.2 Å². The molecule has 0 heterocycles. The summed E-state index contributed by atoms with van der Waals surface area (Å²) in [5.41, 5.74) is 6.89. The van der Waals surface area contributed by atoms with Gasteiger partial charge in [-0.15, -0.1) is 0 Å². The highest BCUT2D eigenvalue weighted by molar-refractivity contribution is 6.99. The molecule has 2 unspecified atom stereocenters. The zero-order valence-electron chi connectivity index (χ0n) is 28.9. The third kappa shape index (κ3) is 9.76. The summed E-state index contributed by atoms with van der Waals surface area (Å²) in [6.45, 7) is 12.3. The molecule has 0 bridgehead atoms. The van der Waals surface area contributed by atoms with Gasteiger partial charge in [-0.25, -0.2) is 9.59 Å². The first-order chi connectivity index (χ1) is 22.1. The molecule has 2 aromatic carbocycles. The number of carbonyl (C=O) groups is 3. The average Bonchev–Trinajstić information content (AvgIpc) is 3.02. The van der Waals surface area contributed by atoms with Crippen LogP contribution >= 0.6 is 0 Å². The van der Waals surface area contributed by atoms with Crippen molar-refractivity contribution in [2.75, 3.05) is 40.8 Å². The maximum Gasteiger partial charge on any atom is 0.421 e. The summed E-state index contributed by atoms with van der Waals surface area (Å²) in [4.78, 5) is 44.0. The maximum absolute atomic E-state index is 14.0. The summed E-state index contributed by atoms with van der Waals surface area (Å²) in [5.74, 6) is -3.10. The predicted molar refractivity (Wildman–Crippen MR) is 180 cm³/mol. The van der Waals surface area contributed by atoms with Crippen LogP contribution in [-0.4, -0.2) is 97.6 Å². The van der Waals surface area contributed by atoms with Crippen molar-refractivity contribution < 1.29 is 51.7 Å². The Morgan fingerprint density at radius 3 is 1.89 bits per heavy atom. The molecule has 258 valence electrons. The maximum atomic E-state index is 14.0. The molecule has 47 heavy (non-hydrogen) atoms. The monoisotopic (exact) mass is 688 g/mol. The lowest BCUT2D eigenvalue weighted by atomic mass is 9.90. The van der Waals surface area contributed by atoms with Crippen LogP contribution < -0.4 is 10.4 Å². The van der Waals surface area contributed by atoms with Gasteiger partial charge in [0.2, 0.25) is 0 Å².